The maximum atomic E-state index is 12.9. The number of aliphatic carboxylic acids is 1. The van der Waals surface area contributed by atoms with Crippen LogP contribution >= 0.6 is 11.8 Å². The van der Waals surface area contributed by atoms with E-state index in [1.54, 1.807) is 12.1 Å². The van der Waals surface area contributed by atoms with Gasteiger partial charge in [0.2, 0.25) is 17.7 Å². The van der Waals surface area contributed by atoms with E-state index in [9.17, 15) is 29.4 Å². The minimum atomic E-state index is -1.62. The van der Waals surface area contributed by atoms with Crippen molar-refractivity contribution in [2.75, 3.05) is 25.2 Å². The molecule has 184 valence electrons. The molecule has 0 bridgehead atoms. The number of amides is 3. The lowest BCUT2D eigenvalue weighted by Gasteiger charge is -2.24. The normalized spacial score (nSPS) is 14.4. The molecule has 12 nitrogen and oxygen atoms in total. The summed E-state index contributed by atoms with van der Waals surface area (Å²) in [4.78, 5) is 48.6. The molecule has 1 aromatic carbocycles. The number of carbonyl (C=O) groups excluding carboxylic acids is 3. The first kappa shape index (κ1) is 28.2. The Balaban J connectivity index is 2.97. The predicted molar refractivity (Wildman–Crippen MR) is 120 cm³/mol. The topological polar surface area (TPSA) is 211 Å². The maximum absolute atomic E-state index is 12.9. The second-order valence-electron chi connectivity index (χ2n) is 7.15. The second-order valence-corrected chi connectivity index (χ2v) is 8.13. The lowest BCUT2D eigenvalue weighted by Crippen LogP contribution is -2.58. The lowest BCUT2D eigenvalue weighted by molar-refractivity contribution is -0.143. The molecule has 3 amide bonds. The number of nitrogens with two attached hydrogens (primary N) is 1. The van der Waals surface area contributed by atoms with Gasteiger partial charge in [0.25, 0.3) is 0 Å². The number of aromatic hydroxyl groups is 1. The van der Waals surface area contributed by atoms with Crippen molar-refractivity contribution in [3.05, 3.63) is 29.8 Å². The molecule has 1 rings (SSSR count). The Morgan fingerprint density at radius 2 is 1.42 bits per heavy atom. The lowest BCUT2D eigenvalue weighted by atomic mass is 10.0. The molecule has 33 heavy (non-hydrogen) atoms. The van der Waals surface area contributed by atoms with Crippen LogP contribution in [0.1, 0.15) is 12.0 Å². The van der Waals surface area contributed by atoms with Crippen LogP contribution in [0.4, 0.5) is 0 Å². The average molecular weight is 487 g/mol. The maximum Gasteiger partial charge on any atom is 0.328 e. The van der Waals surface area contributed by atoms with Crippen molar-refractivity contribution in [2.45, 2.75) is 37.0 Å². The van der Waals surface area contributed by atoms with Crippen molar-refractivity contribution in [3.8, 4) is 5.75 Å². The highest BCUT2D eigenvalue weighted by molar-refractivity contribution is 7.98. The molecule has 0 saturated carbocycles. The largest absolute Gasteiger partial charge is 0.508 e. The number of carboxylic acid groups (broad SMARTS) is 1. The smallest absolute Gasteiger partial charge is 0.328 e. The van der Waals surface area contributed by atoms with Crippen LogP contribution < -0.4 is 21.7 Å². The molecule has 0 spiro atoms. The van der Waals surface area contributed by atoms with Crippen LogP contribution in [0.3, 0.4) is 0 Å². The van der Waals surface area contributed by atoms with Gasteiger partial charge in [-0.05, 0) is 36.1 Å². The first-order chi connectivity index (χ1) is 15.6. The molecule has 4 unspecified atom stereocenters. The molecular formula is C20H30N4O8S. The van der Waals surface area contributed by atoms with Crippen molar-refractivity contribution in [1.82, 2.24) is 16.0 Å². The summed E-state index contributed by atoms with van der Waals surface area (Å²) in [6, 6.07) is 0.695. The summed E-state index contributed by atoms with van der Waals surface area (Å²) in [6.07, 6.45) is 2.22. The van der Waals surface area contributed by atoms with Crippen LogP contribution in [-0.4, -0.2) is 93.5 Å². The first-order valence-electron chi connectivity index (χ1n) is 10.0. The first-order valence-corrected chi connectivity index (χ1v) is 11.4. The molecule has 0 heterocycles. The van der Waals surface area contributed by atoms with E-state index in [0.29, 0.717) is 17.7 Å². The molecule has 4 atom stereocenters. The fraction of sp³-hybridized carbons (Fsp3) is 0.500. The van der Waals surface area contributed by atoms with Gasteiger partial charge < -0.3 is 42.1 Å². The standard InChI is InChI=1S/C20H30N4O8S/c1-33-7-6-13(21)17(28)22-14(8-11-2-4-12(27)5-3-11)18(29)23-15(9-25)19(30)24-16(10-26)20(31)32/h2-5,13-16,25-27H,6-10,21H2,1H3,(H,22,28)(H,23,29)(H,24,30)(H,31,32). The molecule has 0 aromatic heterocycles. The van der Waals surface area contributed by atoms with E-state index in [1.807, 2.05) is 11.6 Å². The fourth-order valence-corrected chi connectivity index (χ4v) is 3.15. The Hall–Kier alpha value is -2.87. The molecule has 0 aliphatic rings. The third-order valence-corrected chi connectivity index (χ3v) is 5.24. The zero-order valence-electron chi connectivity index (χ0n) is 18.1. The Morgan fingerprint density at radius 1 is 0.909 bits per heavy atom. The van der Waals surface area contributed by atoms with Crippen LogP contribution in [0.5, 0.6) is 5.75 Å². The molecule has 0 radical (unpaired) electrons. The highest BCUT2D eigenvalue weighted by Gasteiger charge is 2.30. The van der Waals surface area contributed by atoms with E-state index in [4.69, 9.17) is 15.9 Å². The Bertz CT molecular complexity index is 808. The minimum absolute atomic E-state index is 0.0109. The van der Waals surface area contributed by atoms with Crippen molar-refractivity contribution in [3.63, 3.8) is 0 Å². The number of aliphatic hydroxyl groups excluding tert-OH is 2. The van der Waals surface area contributed by atoms with Gasteiger partial charge in [-0.2, -0.15) is 11.8 Å². The van der Waals surface area contributed by atoms with E-state index in [1.165, 1.54) is 23.9 Å². The van der Waals surface area contributed by atoms with Crippen LogP contribution in [0, 0.1) is 0 Å². The van der Waals surface area contributed by atoms with Gasteiger partial charge in [0.05, 0.1) is 19.3 Å². The van der Waals surface area contributed by atoms with Gasteiger partial charge in [0, 0.05) is 6.42 Å². The molecule has 0 aliphatic carbocycles. The van der Waals surface area contributed by atoms with E-state index in [2.05, 4.69) is 10.6 Å². The highest BCUT2D eigenvalue weighted by Crippen LogP contribution is 2.12. The van der Waals surface area contributed by atoms with Crippen molar-refractivity contribution >= 4 is 35.5 Å². The zero-order chi connectivity index (χ0) is 25.0. The summed E-state index contributed by atoms with van der Waals surface area (Å²) >= 11 is 1.50. The number of hydrogen-bond donors (Lipinski definition) is 8. The van der Waals surface area contributed by atoms with E-state index in [0.717, 1.165) is 0 Å². The molecule has 0 fully saturated rings. The van der Waals surface area contributed by atoms with Gasteiger partial charge >= 0.3 is 5.97 Å². The third kappa shape index (κ3) is 9.65. The minimum Gasteiger partial charge on any atom is -0.508 e. The van der Waals surface area contributed by atoms with E-state index in [-0.39, 0.29) is 12.2 Å². The second kappa shape index (κ2) is 14.3. The number of nitrogens with one attached hydrogen (secondary N) is 3. The fourth-order valence-electron chi connectivity index (χ4n) is 2.66. The van der Waals surface area contributed by atoms with Crippen LogP contribution in [0.15, 0.2) is 24.3 Å². The number of benzene rings is 1. The number of carboxylic acids is 1. The van der Waals surface area contributed by atoms with E-state index >= 15 is 0 Å². The van der Waals surface area contributed by atoms with E-state index < -0.39 is 61.1 Å². The zero-order valence-corrected chi connectivity index (χ0v) is 18.9. The average Bonchev–Trinajstić information content (AvgIpc) is 2.79. The number of hydrogen-bond acceptors (Lipinski definition) is 9. The molecule has 9 N–H and O–H groups in total. The number of thioether (sulfide) groups is 1. The summed E-state index contributed by atoms with van der Waals surface area (Å²) in [5.41, 5.74) is 6.45. The van der Waals surface area contributed by atoms with Crippen molar-refractivity contribution in [2.24, 2.45) is 5.73 Å². The molecule has 13 heteroatoms. The molecule has 1 aromatic rings. The Morgan fingerprint density at radius 3 is 1.94 bits per heavy atom. The number of phenols is 1. The number of aliphatic hydroxyl groups is 2. The Kier molecular flexibility index (Phi) is 12.2. The summed E-state index contributed by atoms with van der Waals surface area (Å²) < 4.78 is 0. The van der Waals surface area contributed by atoms with Crippen LogP contribution in [0.2, 0.25) is 0 Å². The van der Waals surface area contributed by atoms with Crippen LogP contribution in [0.25, 0.3) is 0 Å². The SMILES string of the molecule is CSCCC(N)C(=O)NC(Cc1ccc(O)cc1)C(=O)NC(CO)C(=O)NC(CO)C(=O)O. The molecule has 0 aliphatic heterocycles. The summed E-state index contributed by atoms with van der Waals surface area (Å²) in [5, 5.41) is 43.7. The van der Waals surface area contributed by atoms with Gasteiger partial charge in [-0.3, -0.25) is 14.4 Å². The highest BCUT2D eigenvalue weighted by atomic mass is 32.2. The van der Waals surface area contributed by atoms with Gasteiger partial charge in [0.15, 0.2) is 0 Å². The molecule has 0 saturated heterocycles. The molecular weight excluding hydrogens is 456 g/mol. The quantitative estimate of drug-likeness (QED) is 0.139. The number of rotatable bonds is 14. The predicted octanol–water partition coefficient (Wildman–Crippen LogP) is -2.46. The van der Waals surface area contributed by atoms with Crippen molar-refractivity contribution < 1.29 is 39.6 Å². The summed E-state index contributed by atoms with van der Waals surface area (Å²) in [7, 11) is 0. The number of phenolic OH excluding ortho intramolecular Hbond substituents is 1. The summed E-state index contributed by atoms with van der Waals surface area (Å²) in [5.74, 6) is -3.29. The third-order valence-electron chi connectivity index (χ3n) is 4.59. The van der Waals surface area contributed by atoms with Crippen LogP contribution in [-0.2, 0) is 25.6 Å². The van der Waals surface area contributed by atoms with Crippen molar-refractivity contribution in [1.29, 1.82) is 0 Å². The Labute approximate surface area is 194 Å². The van der Waals surface area contributed by atoms with Gasteiger partial charge in [0.1, 0.15) is 23.9 Å². The monoisotopic (exact) mass is 486 g/mol. The summed E-state index contributed by atoms with van der Waals surface area (Å²) in [6.45, 7) is -1.75. The van der Waals surface area contributed by atoms with Gasteiger partial charge in [-0.15, -0.1) is 0 Å². The van der Waals surface area contributed by atoms with Gasteiger partial charge in [-0.1, -0.05) is 12.1 Å². The van der Waals surface area contributed by atoms with Gasteiger partial charge in [-0.25, -0.2) is 4.79 Å². The number of carbonyl (C=O) groups is 4.